The summed E-state index contributed by atoms with van der Waals surface area (Å²) in [7, 11) is 0. The number of unbranched alkanes of at least 4 members (excludes halogenated alkanes) is 2. The van der Waals surface area contributed by atoms with Crippen LogP contribution in [-0.2, 0) is 17.8 Å². The summed E-state index contributed by atoms with van der Waals surface area (Å²) in [6.45, 7) is 6.03. The number of ether oxygens (including phenoxy) is 2. The fraction of sp³-hybridized carbons (Fsp3) is 0.333. The molecule has 1 heterocycles. The number of carbonyl (C=O) groups is 1. The molecule has 0 saturated carbocycles. The predicted molar refractivity (Wildman–Crippen MR) is 144 cm³/mol. The standard InChI is InChI=1S/C30H35N3O3/c1-23-16-17-24(2)28(21-23)36-22-30(34)31-18-10-4-7-15-29-32-26-13-8-9-14-27(26)33(29)19-20-35-25-11-5-3-6-12-25/h3,5-6,8-9,11-14,16-17,21H,4,7,10,15,18-20,22H2,1-2H3,(H,31,34). The van der Waals surface area contributed by atoms with Crippen molar-refractivity contribution >= 4 is 16.9 Å². The molecule has 0 spiro atoms. The zero-order valence-electron chi connectivity index (χ0n) is 21.2. The zero-order chi connectivity index (χ0) is 25.2. The van der Waals surface area contributed by atoms with E-state index in [1.807, 2.05) is 68.4 Å². The molecule has 0 atom stereocenters. The molecule has 0 aliphatic heterocycles. The smallest absolute Gasteiger partial charge is 0.257 e. The van der Waals surface area contributed by atoms with Crippen LogP contribution in [0.25, 0.3) is 11.0 Å². The Morgan fingerprint density at radius 2 is 1.72 bits per heavy atom. The Balaban J connectivity index is 1.20. The Morgan fingerprint density at radius 3 is 2.58 bits per heavy atom. The van der Waals surface area contributed by atoms with Crippen molar-refractivity contribution < 1.29 is 14.3 Å². The molecular weight excluding hydrogens is 450 g/mol. The Bertz CT molecular complexity index is 1270. The Hall–Kier alpha value is -3.80. The highest BCUT2D eigenvalue weighted by atomic mass is 16.5. The number of nitrogens with one attached hydrogen (secondary N) is 1. The minimum Gasteiger partial charge on any atom is -0.492 e. The van der Waals surface area contributed by atoms with Gasteiger partial charge in [-0.3, -0.25) is 4.79 Å². The molecule has 6 heteroatoms. The van der Waals surface area contributed by atoms with Crippen molar-refractivity contribution in [3.05, 3.63) is 89.7 Å². The van der Waals surface area contributed by atoms with E-state index in [1.165, 1.54) is 0 Å². The Kier molecular flexibility index (Phi) is 8.98. The van der Waals surface area contributed by atoms with Crippen molar-refractivity contribution in [2.45, 2.75) is 46.1 Å². The number of fused-ring (bicyclic) bond motifs is 1. The summed E-state index contributed by atoms with van der Waals surface area (Å²) in [5, 5.41) is 2.96. The van der Waals surface area contributed by atoms with Gasteiger partial charge >= 0.3 is 0 Å². The average molecular weight is 486 g/mol. The van der Waals surface area contributed by atoms with Crippen molar-refractivity contribution in [2.75, 3.05) is 19.8 Å². The van der Waals surface area contributed by atoms with Crippen LogP contribution in [0.1, 0.15) is 36.2 Å². The summed E-state index contributed by atoms with van der Waals surface area (Å²) in [5.74, 6) is 2.64. The number of imidazole rings is 1. The number of carbonyl (C=O) groups excluding carboxylic acids is 1. The molecular formula is C30H35N3O3. The molecule has 1 aromatic heterocycles. The first-order chi connectivity index (χ1) is 17.6. The number of nitrogens with zero attached hydrogens (tertiary/aromatic N) is 2. The van der Waals surface area contributed by atoms with E-state index in [9.17, 15) is 4.79 Å². The van der Waals surface area contributed by atoms with Gasteiger partial charge < -0.3 is 19.4 Å². The van der Waals surface area contributed by atoms with Gasteiger partial charge in [0, 0.05) is 13.0 Å². The minimum absolute atomic E-state index is 0.0410. The third-order valence-electron chi connectivity index (χ3n) is 6.16. The number of hydrogen-bond acceptors (Lipinski definition) is 4. The molecule has 0 unspecified atom stereocenters. The monoisotopic (exact) mass is 485 g/mol. The Morgan fingerprint density at radius 1 is 0.917 bits per heavy atom. The van der Waals surface area contributed by atoms with Crippen molar-refractivity contribution in [1.82, 2.24) is 14.9 Å². The van der Waals surface area contributed by atoms with Crippen LogP contribution in [0, 0.1) is 13.8 Å². The fourth-order valence-electron chi connectivity index (χ4n) is 4.21. The number of aryl methyl sites for hydroxylation is 3. The molecule has 6 nitrogen and oxygen atoms in total. The van der Waals surface area contributed by atoms with Gasteiger partial charge in [0.2, 0.25) is 0 Å². The van der Waals surface area contributed by atoms with Crippen LogP contribution in [0.15, 0.2) is 72.8 Å². The van der Waals surface area contributed by atoms with Crippen LogP contribution in [0.4, 0.5) is 0 Å². The molecule has 4 rings (SSSR count). The molecule has 188 valence electrons. The Labute approximate surface area is 213 Å². The molecule has 0 bridgehead atoms. The third kappa shape index (κ3) is 7.11. The first kappa shape index (κ1) is 25.3. The van der Waals surface area contributed by atoms with Crippen molar-refractivity contribution in [1.29, 1.82) is 0 Å². The molecule has 1 amide bonds. The number of benzene rings is 3. The third-order valence-corrected chi connectivity index (χ3v) is 6.16. The van der Waals surface area contributed by atoms with Crippen LogP contribution in [-0.4, -0.2) is 35.2 Å². The van der Waals surface area contributed by atoms with Crippen molar-refractivity contribution in [3.63, 3.8) is 0 Å². The van der Waals surface area contributed by atoms with Crippen LogP contribution in [0.5, 0.6) is 11.5 Å². The van der Waals surface area contributed by atoms with E-state index in [-0.39, 0.29) is 12.5 Å². The zero-order valence-corrected chi connectivity index (χ0v) is 21.2. The van der Waals surface area contributed by atoms with Gasteiger partial charge in [0.1, 0.15) is 23.9 Å². The van der Waals surface area contributed by atoms with E-state index in [1.54, 1.807) is 0 Å². The van der Waals surface area contributed by atoms with E-state index in [4.69, 9.17) is 14.5 Å². The number of rotatable bonds is 13. The second kappa shape index (κ2) is 12.8. The van der Waals surface area contributed by atoms with Crippen LogP contribution in [0.2, 0.25) is 0 Å². The van der Waals surface area contributed by atoms with Gasteiger partial charge in [-0.05, 0) is 68.1 Å². The highest BCUT2D eigenvalue weighted by Crippen LogP contribution is 2.20. The molecule has 0 saturated heterocycles. The lowest BCUT2D eigenvalue weighted by molar-refractivity contribution is -0.123. The molecule has 3 aromatic carbocycles. The SMILES string of the molecule is Cc1ccc(C)c(OCC(=O)NCCCCCc2nc3ccccc3n2CCOc2ccccc2)c1. The van der Waals surface area contributed by atoms with Crippen LogP contribution >= 0.6 is 0 Å². The van der Waals surface area contributed by atoms with E-state index < -0.39 is 0 Å². The van der Waals surface area contributed by atoms with Gasteiger partial charge in [-0.15, -0.1) is 0 Å². The van der Waals surface area contributed by atoms with Gasteiger partial charge in [0.15, 0.2) is 6.61 Å². The molecule has 0 fully saturated rings. The quantitative estimate of drug-likeness (QED) is 0.249. The largest absolute Gasteiger partial charge is 0.492 e. The fourth-order valence-corrected chi connectivity index (χ4v) is 4.21. The lowest BCUT2D eigenvalue weighted by Crippen LogP contribution is -2.29. The van der Waals surface area contributed by atoms with Crippen LogP contribution in [0.3, 0.4) is 0 Å². The second-order valence-corrected chi connectivity index (χ2v) is 9.05. The normalized spacial score (nSPS) is 10.9. The first-order valence-electron chi connectivity index (χ1n) is 12.7. The highest BCUT2D eigenvalue weighted by Gasteiger charge is 2.11. The molecule has 0 aliphatic carbocycles. The van der Waals surface area contributed by atoms with Crippen LogP contribution < -0.4 is 14.8 Å². The molecule has 1 N–H and O–H groups in total. The average Bonchev–Trinajstić information content (AvgIpc) is 3.24. The minimum atomic E-state index is -0.0869. The van der Waals surface area contributed by atoms with E-state index in [0.717, 1.165) is 71.7 Å². The lowest BCUT2D eigenvalue weighted by Gasteiger charge is -2.11. The van der Waals surface area contributed by atoms with Crippen molar-refractivity contribution in [3.8, 4) is 11.5 Å². The molecule has 4 aromatic rings. The summed E-state index contributed by atoms with van der Waals surface area (Å²) in [4.78, 5) is 17.0. The van der Waals surface area contributed by atoms with E-state index >= 15 is 0 Å². The maximum atomic E-state index is 12.2. The van der Waals surface area contributed by atoms with Gasteiger partial charge in [-0.25, -0.2) is 4.98 Å². The maximum Gasteiger partial charge on any atom is 0.257 e. The maximum absolute atomic E-state index is 12.2. The van der Waals surface area contributed by atoms with Gasteiger partial charge in [0.05, 0.1) is 17.6 Å². The van der Waals surface area contributed by atoms with Gasteiger partial charge in [-0.2, -0.15) is 0 Å². The number of amides is 1. The molecule has 0 radical (unpaired) electrons. The lowest BCUT2D eigenvalue weighted by atomic mass is 10.1. The summed E-state index contributed by atoms with van der Waals surface area (Å²) in [6.07, 6.45) is 3.84. The summed E-state index contributed by atoms with van der Waals surface area (Å²) >= 11 is 0. The predicted octanol–water partition coefficient (Wildman–Crippen LogP) is 5.64. The van der Waals surface area contributed by atoms with Gasteiger partial charge in [0.25, 0.3) is 5.91 Å². The van der Waals surface area contributed by atoms with E-state index in [2.05, 4.69) is 28.1 Å². The topological polar surface area (TPSA) is 65.4 Å². The highest BCUT2D eigenvalue weighted by molar-refractivity contribution is 5.77. The van der Waals surface area contributed by atoms with Gasteiger partial charge in [-0.1, -0.05) is 48.9 Å². The number of para-hydroxylation sites is 3. The summed E-state index contributed by atoms with van der Waals surface area (Å²) < 4.78 is 13.9. The van der Waals surface area contributed by atoms with E-state index in [0.29, 0.717) is 13.2 Å². The van der Waals surface area contributed by atoms with Crippen molar-refractivity contribution in [2.24, 2.45) is 0 Å². The molecule has 0 aliphatic rings. The second-order valence-electron chi connectivity index (χ2n) is 9.05. The molecule has 36 heavy (non-hydrogen) atoms. The first-order valence-corrected chi connectivity index (χ1v) is 12.7. The number of aromatic nitrogens is 2. The summed E-state index contributed by atoms with van der Waals surface area (Å²) in [5.41, 5.74) is 4.31. The number of hydrogen-bond donors (Lipinski definition) is 1. The summed E-state index contributed by atoms with van der Waals surface area (Å²) in [6, 6.07) is 24.1.